The molecule has 7 heteroatoms. The summed E-state index contributed by atoms with van der Waals surface area (Å²) in [6, 6.07) is 15.6. The van der Waals surface area contributed by atoms with Crippen molar-refractivity contribution >= 4 is 23.1 Å². The van der Waals surface area contributed by atoms with Crippen molar-refractivity contribution in [3.63, 3.8) is 0 Å². The van der Waals surface area contributed by atoms with Crippen LogP contribution in [0.1, 0.15) is 24.8 Å². The van der Waals surface area contributed by atoms with Gasteiger partial charge in [0.15, 0.2) is 0 Å². The second-order valence-electron chi connectivity index (χ2n) is 6.33. The largest absolute Gasteiger partial charge is 0.481 e. The number of carbonyl (C=O) groups is 2. The summed E-state index contributed by atoms with van der Waals surface area (Å²) in [5.41, 5.74) is 4.30. The number of aliphatic carboxylic acids is 1. The molecular formula is C20H18N4O3. The zero-order chi connectivity index (χ0) is 18.8. The van der Waals surface area contributed by atoms with Crippen LogP contribution in [0.15, 0.2) is 59.8 Å². The maximum absolute atomic E-state index is 12.1. The standard InChI is InChI=1S/C20H18N4O3/c25-17-10-9-15(21-24(17)13-11-18(26)27)19-16-8-4-5-12-23(16)22-20(19)14-6-2-1-3-7-14/h1-8,12H,9-11,13H2,(H,26,27). The second-order valence-corrected chi connectivity index (χ2v) is 6.33. The highest BCUT2D eigenvalue weighted by Crippen LogP contribution is 2.29. The molecule has 0 spiro atoms. The van der Waals surface area contributed by atoms with Crippen molar-refractivity contribution in [1.29, 1.82) is 0 Å². The third-order valence-corrected chi connectivity index (χ3v) is 4.52. The van der Waals surface area contributed by atoms with Gasteiger partial charge in [-0.2, -0.15) is 10.2 Å². The Morgan fingerprint density at radius 1 is 1.07 bits per heavy atom. The average molecular weight is 362 g/mol. The SMILES string of the molecule is O=C(O)CCN1N=C(c2c(-c3ccccc3)nn3ccccc23)CCC1=O. The Hall–Kier alpha value is -3.48. The van der Waals surface area contributed by atoms with Gasteiger partial charge in [0, 0.05) is 24.6 Å². The summed E-state index contributed by atoms with van der Waals surface area (Å²) in [6.07, 6.45) is 2.54. The van der Waals surface area contributed by atoms with E-state index in [9.17, 15) is 9.59 Å². The zero-order valence-corrected chi connectivity index (χ0v) is 14.6. The van der Waals surface area contributed by atoms with Gasteiger partial charge in [-0.3, -0.25) is 9.59 Å². The fraction of sp³-hybridized carbons (Fsp3) is 0.200. The van der Waals surface area contributed by atoms with Crippen molar-refractivity contribution in [2.75, 3.05) is 6.54 Å². The summed E-state index contributed by atoms with van der Waals surface area (Å²) < 4.78 is 1.80. The summed E-state index contributed by atoms with van der Waals surface area (Å²) in [5.74, 6) is -1.11. The molecule has 0 saturated carbocycles. The van der Waals surface area contributed by atoms with Crippen molar-refractivity contribution in [3.05, 3.63) is 60.3 Å². The highest BCUT2D eigenvalue weighted by molar-refractivity contribution is 6.12. The van der Waals surface area contributed by atoms with Crippen LogP contribution in [0.3, 0.4) is 0 Å². The van der Waals surface area contributed by atoms with Crippen molar-refractivity contribution < 1.29 is 14.7 Å². The van der Waals surface area contributed by atoms with Crippen LogP contribution < -0.4 is 0 Å². The molecule has 4 rings (SSSR count). The first-order valence-corrected chi connectivity index (χ1v) is 8.76. The molecule has 1 aliphatic rings. The summed E-state index contributed by atoms with van der Waals surface area (Å²) >= 11 is 0. The molecule has 1 aromatic carbocycles. The lowest BCUT2D eigenvalue weighted by molar-refractivity contribution is -0.138. The lowest BCUT2D eigenvalue weighted by Crippen LogP contribution is -2.33. The number of fused-ring (bicyclic) bond motifs is 1. The molecule has 0 aliphatic carbocycles. The van der Waals surface area contributed by atoms with E-state index in [0.29, 0.717) is 12.8 Å². The average Bonchev–Trinajstić information content (AvgIpc) is 3.07. The molecular weight excluding hydrogens is 344 g/mol. The van der Waals surface area contributed by atoms with E-state index in [1.54, 1.807) is 4.52 Å². The predicted molar refractivity (Wildman–Crippen MR) is 100 cm³/mol. The molecule has 0 radical (unpaired) electrons. The van der Waals surface area contributed by atoms with E-state index in [2.05, 4.69) is 5.10 Å². The minimum atomic E-state index is -0.953. The fourth-order valence-corrected chi connectivity index (χ4v) is 3.24. The fourth-order valence-electron chi connectivity index (χ4n) is 3.24. The van der Waals surface area contributed by atoms with Crippen LogP contribution in [0.2, 0.25) is 0 Å². The highest BCUT2D eigenvalue weighted by Gasteiger charge is 2.26. The smallest absolute Gasteiger partial charge is 0.305 e. The highest BCUT2D eigenvalue weighted by atomic mass is 16.4. The van der Waals surface area contributed by atoms with Crippen LogP contribution in [-0.4, -0.2) is 43.9 Å². The number of carboxylic acids is 1. The molecule has 1 amide bonds. The lowest BCUT2D eigenvalue weighted by atomic mass is 9.99. The number of carbonyl (C=O) groups excluding carboxylic acids is 1. The second kappa shape index (κ2) is 7.03. The van der Waals surface area contributed by atoms with Crippen LogP contribution in [0.5, 0.6) is 0 Å². The molecule has 1 N–H and O–H groups in total. The molecule has 0 fully saturated rings. The number of aromatic nitrogens is 2. The third-order valence-electron chi connectivity index (χ3n) is 4.52. The third kappa shape index (κ3) is 3.31. The minimum absolute atomic E-state index is 0.0670. The predicted octanol–water partition coefficient (Wildman–Crippen LogP) is 2.80. The summed E-state index contributed by atoms with van der Waals surface area (Å²) in [6.45, 7) is 0.0670. The van der Waals surface area contributed by atoms with E-state index >= 15 is 0 Å². The summed E-state index contributed by atoms with van der Waals surface area (Å²) in [5, 5.41) is 19.4. The van der Waals surface area contributed by atoms with Crippen LogP contribution in [0.25, 0.3) is 16.8 Å². The molecule has 0 saturated heterocycles. The Morgan fingerprint density at radius 2 is 1.85 bits per heavy atom. The van der Waals surface area contributed by atoms with Crippen molar-refractivity contribution in [2.24, 2.45) is 5.10 Å². The Bertz CT molecular complexity index is 1040. The number of carboxylic acid groups (broad SMARTS) is 1. The number of benzene rings is 1. The molecule has 3 heterocycles. The number of hydrogen-bond donors (Lipinski definition) is 1. The first-order valence-electron chi connectivity index (χ1n) is 8.76. The molecule has 3 aromatic rings. The van der Waals surface area contributed by atoms with Gasteiger partial charge < -0.3 is 5.11 Å². The topological polar surface area (TPSA) is 87.3 Å². The Kier molecular flexibility index (Phi) is 4.42. The van der Waals surface area contributed by atoms with Gasteiger partial charge in [0.25, 0.3) is 0 Å². The van der Waals surface area contributed by atoms with Crippen LogP contribution in [0, 0.1) is 0 Å². The van der Waals surface area contributed by atoms with E-state index in [1.165, 1.54) is 5.01 Å². The lowest BCUT2D eigenvalue weighted by Gasteiger charge is -2.23. The van der Waals surface area contributed by atoms with E-state index in [-0.39, 0.29) is 18.9 Å². The maximum Gasteiger partial charge on any atom is 0.305 e. The molecule has 0 bridgehead atoms. The van der Waals surface area contributed by atoms with Gasteiger partial charge in [-0.1, -0.05) is 36.4 Å². The van der Waals surface area contributed by atoms with E-state index < -0.39 is 5.97 Å². The molecule has 0 unspecified atom stereocenters. The summed E-state index contributed by atoms with van der Waals surface area (Å²) in [4.78, 5) is 23.0. The van der Waals surface area contributed by atoms with Gasteiger partial charge >= 0.3 is 5.97 Å². The monoisotopic (exact) mass is 362 g/mol. The van der Waals surface area contributed by atoms with Crippen molar-refractivity contribution in [3.8, 4) is 11.3 Å². The van der Waals surface area contributed by atoms with E-state index in [1.807, 2.05) is 54.7 Å². The molecule has 2 aromatic heterocycles. The van der Waals surface area contributed by atoms with Gasteiger partial charge in [-0.15, -0.1) is 0 Å². The molecule has 1 aliphatic heterocycles. The summed E-state index contributed by atoms with van der Waals surface area (Å²) in [7, 11) is 0. The zero-order valence-electron chi connectivity index (χ0n) is 14.6. The normalized spacial score (nSPS) is 14.4. The quantitative estimate of drug-likeness (QED) is 0.756. The minimum Gasteiger partial charge on any atom is -0.481 e. The van der Waals surface area contributed by atoms with Crippen LogP contribution >= 0.6 is 0 Å². The van der Waals surface area contributed by atoms with Gasteiger partial charge in [-0.05, 0) is 12.1 Å². The van der Waals surface area contributed by atoms with Gasteiger partial charge in [0.2, 0.25) is 5.91 Å². The number of amides is 1. The molecule has 136 valence electrons. The van der Waals surface area contributed by atoms with Crippen molar-refractivity contribution in [2.45, 2.75) is 19.3 Å². The van der Waals surface area contributed by atoms with Crippen molar-refractivity contribution in [1.82, 2.24) is 14.6 Å². The Labute approximate surface area is 155 Å². The first kappa shape index (κ1) is 17.0. The number of hydrogen-bond acceptors (Lipinski definition) is 4. The van der Waals surface area contributed by atoms with Crippen LogP contribution in [0.4, 0.5) is 0 Å². The van der Waals surface area contributed by atoms with E-state index in [0.717, 1.165) is 28.0 Å². The molecule has 7 nitrogen and oxygen atoms in total. The Morgan fingerprint density at radius 3 is 2.63 bits per heavy atom. The number of pyridine rings is 1. The molecule has 27 heavy (non-hydrogen) atoms. The van der Waals surface area contributed by atoms with Gasteiger partial charge in [0.1, 0.15) is 5.69 Å². The van der Waals surface area contributed by atoms with Crippen LogP contribution in [-0.2, 0) is 9.59 Å². The number of hydrazone groups is 1. The maximum atomic E-state index is 12.1. The number of nitrogens with zero attached hydrogens (tertiary/aromatic N) is 4. The Balaban J connectivity index is 1.83. The van der Waals surface area contributed by atoms with Gasteiger partial charge in [0.05, 0.1) is 29.8 Å². The van der Waals surface area contributed by atoms with Gasteiger partial charge in [-0.25, -0.2) is 9.52 Å². The molecule has 0 atom stereocenters. The first-order chi connectivity index (χ1) is 13.1. The number of rotatable bonds is 5. The van der Waals surface area contributed by atoms with E-state index in [4.69, 9.17) is 10.2 Å².